The van der Waals surface area contributed by atoms with Crippen LogP contribution in [0.25, 0.3) is 0 Å². The van der Waals surface area contributed by atoms with Gasteiger partial charge in [-0.15, -0.1) is 0 Å². The summed E-state index contributed by atoms with van der Waals surface area (Å²) in [6.07, 6.45) is -5.04. The molecule has 66 heavy (non-hydrogen) atoms. The van der Waals surface area contributed by atoms with Crippen molar-refractivity contribution in [1.29, 1.82) is 0 Å². The zero-order valence-electron chi connectivity index (χ0n) is 38.8. The first kappa shape index (κ1) is 50.9. The van der Waals surface area contributed by atoms with Crippen LogP contribution in [0.2, 0.25) is 0 Å². The molecule has 0 saturated carbocycles. The first-order valence-electron chi connectivity index (χ1n) is 22.2. The molecule has 4 aromatic carbocycles. The number of halogens is 3. The maximum absolute atomic E-state index is 13.5. The van der Waals surface area contributed by atoms with Crippen LogP contribution in [0, 0.1) is 0 Å². The number of nitrogens with one attached hydrogen (secondary N) is 1. The minimum Gasteiger partial charge on any atom is -0.341 e. The quantitative estimate of drug-likeness (QED) is 0.148. The van der Waals surface area contributed by atoms with Crippen molar-refractivity contribution in [3.05, 3.63) is 131 Å². The summed E-state index contributed by atoms with van der Waals surface area (Å²) in [5.74, 6) is -2.89. The Labute approximate surface area is 386 Å². The number of benzene rings is 4. The number of nitrogens with zero attached hydrogens (tertiary/aromatic N) is 6. The van der Waals surface area contributed by atoms with E-state index in [-0.39, 0.29) is 47.6 Å². The van der Waals surface area contributed by atoms with E-state index in [1.54, 1.807) is 34.5 Å². The van der Waals surface area contributed by atoms with Gasteiger partial charge in [-0.2, -0.15) is 13.2 Å². The third kappa shape index (κ3) is 14.2. The Morgan fingerprint density at radius 1 is 0.530 bits per heavy atom. The van der Waals surface area contributed by atoms with E-state index in [0.717, 1.165) is 48.7 Å². The minimum atomic E-state index is -5.04. The zero-order chi connectivity index (χ0) is 48.2. The van der Waals surface area contributed by atoms with Crippen LogP contribution >= 0.6 is 0 Å². The summed E-state index contributed by atoms with van der Waals surface area (Å²) < 4.78 is 37.0. The first-order valence-corrected chi connectivity index (χ1v) is 22.2. The largest absolute Gasteiger partial charge is 0.471 e. The van der Waals surface area contributed by atoms with E-state index in [4.69, 9.17) is 5.73 Å². The van der Waals surface area contributed by atoms with Crippen molar-refractivity contribution >= 4 is 40.9 Å². The fraction of sp³-hybridized carbons (Fsp3) is 0.420. The maximum Gasteiger partial charge on any atom is 0.471 e. The summed E-state index contributed by atoms with van der Waals surface area (Å²) in [5.41, 5.74) is 9.65. The number of hydrogen-bond acceptors (Lipinski definition) is 8. The molecule has 2 aliphatic heterocycles. The van der Waals surface area contributed by atoms with Gasteiger partial charge in [0.05, 0.1) is 26.2 Å². The van der Waals surface area contributed by atoms with E-state index in [1.807, 2.05) is 87.5 Å². The van der Waals surface area contributed by atoms with Crippen LogP contribution in [-0.4, -0.2) is 132 Å². The lowest BCUT2D eigenvalue weighted by molar-refractivity contribution is -0.173. The Hall–Kier alpha value is -6.10. The molecule has 5 amide bonds. The molecule has 0 aliphatic carbocycles. The highest BCUT2D eigenvalue weighted by atomic mass is 19.4. The summed E-state index contributed by atoms with van der Waals surface area (Å²) >= 11 is 0. The van der Waals surface area contributed by atoms with Crippen LogP contribution in [0.1, 0.15) is 73.4 Å². The van der Waals surface area contributed by atoms with E-state index in [2.05, 4.69) is 51.3 Å². The number of urea groups is 2. The number of hydrogen-bond donors (Lipinski definition) is 2. The number of alkyl halides is 3. The number of piperazine rings is 2. The van der Waals surface area contributed by atoms with Gasteiger partial charge in [-0.1, -0.05) is 84.9 Å². The summed E-state index contributed by atoms with van der Waals surface area (Å²) in [6.45, 7) is 18.9. The molecule has 2 fully saturated rings. The summed E-state index contributed by atoms with van der Waals surface area (Å²) in [6, 6.07) is 32.5. The van der Waals surface area contributed by atoms with Gasteiger partial charge in [0.25, 0.3) is 0 Å². The summed E-state index contributed by atoms with van der Waals surface area (Å²) in [4.78, 5) is 73.9. The van der Waals surface area contributed by atoms with Crippen LogP contribution in [0.4, 0.5) is 34.1 Å². The van der Waals surface area contributed by atoms with Crippen LogP contribution in [0.15, 0.2) is 109 Å². The topological polar surface area (TPSA) is 143 Å². The molecule has 0 spiro atoms. The SMILES string of the molecule is CC(C)(C)N1CCN(C(=O)N(Cc2ccc(C(=O)CN)cc2)c2ccccc2)CC1.CC(C)(C)N1CCN(C(=O)N(Cc2ccc(C(=O)CNC(=O)C(F)(F)F)cc2)c2ccccc2)CC1. The number of para-hydroxylation sites is 2. The molecule has 0 radical (unpaired) electrons. The van der Waals surface area contributed by atoms with Crippen LogP contribution in [0.5, 0.6) is 0 Å². The maximum atomic E-state index is 13.5. The molecule has 4 aromatic rings. The number of anilines is 2. The predicted octanol–water partition coefficient (Wildman–Crippen LogP) is 7.46. The average Bonchev–Trinajstić information content (AvgIpc) is 3.31. The normalized spacial score (nSPS) is 15.0. The fourth-order valence-corrected chi connectivity index (χ4v) is 7.67. The average molecular weight is 913 g/mol. The molecule has 2 aliphatic rings. The van der Waals surface area contributed by atoms with E-state index >= 15 is 0 Å². The van der Waals surface area contributed by atoms with Gasteiger partial charge in [0.2, 0.25) is 0 Å². The molecule has 0 aromatic heterocycles. The van der Waals surface area contributed by atoms with Gasteiger partial charge in [-0.3, -0.25) is 34.0 Å². The van der Waals surface area contributed by atoms with Gasteiger partial charge in [0, 0.05) is 85.9 Å². The minimum absolute atomic E-state index is 0.00544. The summed E-state index contributed by atoms with van der Waals surface area (Å²) in [7, 11) is 0. The van der Waals surface area contributed by atoms with Gasteiger partial charge in [-0.05, 0) is 76.9 Å². The Morgan fingerprint density at radius 3 is 1.20 bits per heavy atom. The number of nitrogens with two attached hydrogens (primary N) is 1. The second-order valence-electron chi connectivity index (χ2n) is 18.3. The smallest absolute Gasteiger partial charge is 0.341 e. The van der Waals surface area contributed by atoms with Crippen molar-refractivity contribution in [3.8, 4) is 0 Å². The molecule has 0 unspecified atom stereocenters. The molecule has 13 nitrogen and oxygen atoms in total. The fourth-order valence-electron chi connectivity index (χ4n) is 7.67. The molecule has 354 valence electrons. The molecule has 0 atom stereocenters. The molecule has 3 N–H and O–H groups in total. The van der Waals surface area contributed by atoms with Crippen molar-refractivity contribution in [2.24, 2.45) is 5.73 Å². The van der Waals surface area contributed by atoms with Crippen molar-refractivity contribution in [3.63, 3.8) is 0 Å². The molecule has 2 heterocycles. The molecular weight excluding hydrogens is 850 g/mol. The Bertz CT molecular complexity index is 2230. The molecule has 2 saturated heterocycles. The third-order valence-electron chi connectivity index (χ3n) is 11.7. The second kappa shape index (κ2) is 22.4. The van der Waals surface area contributed by atoms with Gasteiger partial charge in [0.1, 0.15) is 0 Å². The van der Waals surface area contributed by atoms with E-state index < -0.39 is 24.4 Å². The lowest BCUT2D eigenvalue weighted by Crippen LogP contribution is -2.57. The monoisotopic (exact) mass is 912 g/mol. The van der Waals surface area contributed by atoms with Gasteiger partial charge in [0.15, 0.2) is 11.6 Å². The molecule has 0 bridgehead atoms. The van der Waals surface area contributed by atoms with E-state index in [9.17, 15) is 37.1 Å². The third-order valence-corrected chi connectivity index (χ3v) is 11.7. The number of ketones is 2. The van der Waals surface area contributed by atoms with Crippen molar-refractivity contribution in [2.75, 3.05) is 75.2 Å². The Morgan fingerprint density at radius 2 is 0.879 bits per heavy atom. The van der Waals surface area contributed by atoms with Gasteiger partial charge in [-0.25, -0.2) is 9.59 Å². The molecular formula is C50H63F3N8O5. The Kier molecular flexibility index (Phi) is 17.3. The number of carbonyl (C=O) groups excluding carboxylic acids is 5. The standard InChI is InChI=1S/C26H31F3N4O3.C24H32N4O2/c1-25(2,3)32-15-13-31(14-16-32)24(36)33(21-7-5-4-6-8-21)18-19-9-11-20(12-10-19)22(34)17-30-23(35)26(27,28)29;1-24(2,3)27-15-13-26(14-16-27)23(30)28(21-7-5-4-6-8-21)18-19-9-11-20(12-10-19)22(29)17-25/h4-12H,13-18H2,1-3H3,(H,30,35);4-12H,13-18,25H2,1-3H3. The number of amides is 5. The van der Waals surface area contributed by atoms with E-state index in [0.29, 0.717) is 38.3 Å². The van der Waals surface area contributed by atoms with Crippen molar-refractivity contribution in [1.82, 2.24) is 24.9 Å². The van der Waals surface area contributed by atoms with Crippen LogP contribution < -0.4 is 20.9 Å². The highest BCUT2D eigenvalue weighted by Gasteiger charge is 2.39. The number of rotatable bonds is 11. The van der Waals surface area contributed by atoms with Crippen LogP contribution in [-0.2, 0) is 17.9 Å². The highest BCUT2D eigenvalue weighted by molar-refractivity contribution is 6.00. The Balaban J connectivity index is 0.000000251. The van der Waals surface area contributed by atoms with Gasteiger partial charge >= 0.3 is 24.1 Å². The molecule has 6 rings (SSSR count). The highest BCUT2D eigenvalue weighted by Crippen LogP contribution is 2.24. The summed E-state index contributed by atoms with van der Waals surface area (Å²) in [5, 5.41) is 1.58. The van der Waals surface area contributed by atoms with Crippen molar-refractivity contribution < 1.29 is 37.1 Å². The predicted molar refractivity (Wildman–Crippen MR) is 252 cm³/mol. The second-order valence-corrected chi connectivity index (χ2v) is 18.3. The lowest BCUT2D eigenvalue weighted by atomic mass is 10.0. The van der Waals surface area contributed by atoms with Crippen LogP contribution in [0.3, 0.4) is 0 Å². The molecule has 16 heteroatoms. The van der Waals surface area contributed by atoms with Crippen molar-refractivity contribution in [2.45, 2.75) is 71.9 Å². The lowest BCUT2D eigenvalue weighted by Gasteiger charge is -2.43. The number of carbonyl (C=O) groups is 5. The zero-order valence-corrected chi connectivity index (χ0v) is 38.8. The number of Topliss-reactive ketones (excluding diaryl/α,β-unsaturated/α-hetero) is 2. The van der Waals surface area contributed by atoms with E-state index in [1.165, 1.54) is 12.1 Å². The first-order chi connectivity index (χ1) is 31.1. The van der Waals surface area contributed by atoms with Gasteiger partial charge < -0.3 is 20.9 Å².